The second-order valence-corrected chi connectivity index (χ2v) is 9.99. The van der Waals surface area contributed by atoms with Crippen LogP contribution in [0.2, 0.25) is 0 Å². The van der Waals surface area contributed by atoms with Gasteiger partial charge in [-0.05, 0) is 30.2 Å². The van der Waals surface area contributed by atoms with E-state index in [1.165, 1.54) is 43.5 Å². The number of sulfonamides is 1. The number of aliphatic hydroxyl groups is 2. The van der Waals surface area contributed by atoms with Crippen molar-refractivity contribution in [1.82, 2.24) is 9.97 Å². The molecule has 204 valence electrons. The van der Waals surface area contributed by atoms with E-state index in [1.54, 1.807) is 0 Å². The van der Waals surface area contributed by atoms with Crippen molar-refractivity contribution in [3.8, 4) is 11.3 Å². The molecule has 2 aromatic rings. The number of carboxylic acids is 1. The topological polar surface area (TPSA) is 204 Å². The Bertz CT molecular complexity index is 1130. The molecule has 2 atom stereocenters. The number of carboxylic acid groups (broad SMARTS) is 1. The SMILES string of the molecule is CC(C)c1nc(N(C)S(C)(=O)=O)nc(-c2ccc(F)cc2)c1/C=C/C(O)CC(O)CC(=O)O.Cl.O.O. The summed E-state index contributed by atoms with van der Waals surface area (Å²) in [6, 6.07) is 5.49. The molecule has 0 bridgehead atoms. The van der Waals surface area contributed by atoms with Crippen LogP contribution in [0.5, 0.6) is 0 Å². The van der Waals surface area contributed by atoms with Crippen LogP contribution in [0.3, 0.4) is 0 Å². The summed E-state index contributed by atoms with van der Waals surface area (Å²) in [7, 11) is -2.33. The summed E-state index contributed by atoms with van der Waals surface area (Å²) in [5, 5.41) is 28.8. The van der Waals surface area contributed by atoms with E-state index in [0.29, 0.717) is 22.5 Å². The summed E-state index contributed by atoms with van der Waals surface area (Å²) in [5.74, 6) is -1.87. The van der Waals surface area contributed by atoms with Crippen molar-refractivity contribution in [3.05, 3.63) is 47.4 Å². The second-order valence-electron chi connectivity index (χ2n) is 7.98. The minimum atomic E-state index is -3.65. The Kier molecular flexibility index (Phi) is 14.6. The molecule has 1 aromatic carbocycles. The number of aliphatic hydroxyl groups excluding tert-OH is 2. The summed E-state index contributed by atoms with van der Waals surface area (Å²) in [6.45, 7) is 3.71. The van der Waals surface area contributed by atoms with E-state index < -0.39 is 40.4 Å². The molecule has 0 amide bonds. The average molecular weight is 554 g/mol. The fraction of sp³-hybridized carbons (Fsp3) is 0.409. The Balaban J connectivity index is 0. The molecular weight excluding hydrogens is 521 g/mol. The van der Waals surface area contributed by atoms with Gasteiger partial charge in [-0.1, -0.05) is 26.0 Å². The molecule has 36 heavy (non-hydrogen) atoms. The van der Waals surface area contributed by atoms with Crippen molar-refractivity contribution < 1.29 is 43.9 Å². The third kappa shape index (κ3) is 9.76. The van der Waals surface area contributed by atoms with Crippen LogP contribution < -0.4 is 4.31 Å². The Morgan fingerprint density at radius 1 is 1.14 bits per heavy atom. The molecule has 14 heteroatoms. The minimum absolute atomic E-state index is 0. The number of anilines is 1. The number of benzene rings is 1. The smallest absolute Gasteiger partial charge is 0.305 e. The van der Waals surface area contributed by atoms with Gasteiger partial charge in [0.15, 0.2) is 0 Å². The number of halogens is 2. The molecule has 1 heterocycles. The van der Waals surface area contributed by atoms with Crippen LogP contribution in [0.25, 0.3) is 17.3 Å². The molecule has 11 nitrogen and oxygen atoms in total. The van der Waals surface area contributed by atoms with Crippen LogP contribution in [-0.2, 0) is 14.8 Å². The first-order valence-electron chi connectivity index (χ1n) is 10.2. The highest BCUT2D eigenvalue weighted by molar-refractivity contribution is 7.92. The van der Waals surface area contributed by atoms with Gasteiger partial charge in [0.1, 0.15) is 5.82 Å². The monoisotopic (exact) mass is 553 g/mol. The lowest BCUT2D eigenvalue weighted by molar-refractivity contribution is -0.139. The maximum atomic E-state index is 13.5. The van der Waals surface area contributed by atoms with E-state index in [-0.39, 0.29) is 41.6 Å². The van der Waals surface area contributed by atoms with Crippen molar-refractivity contribution in [2.45, 2.75) is 44.8 Å². The van der Waals surface area contributed by atoms with Crippen molar-refractivity contribution in [1.29, 1.82) is 0 Å². The van der Waals surface area contributed by atoms with Crippen molar-refractivity contribution >= 4 is 40.4 Å². The number of nitrogens with zero attached hydrogens (tertiary/aromatic N) is 3. The van der Waals surface area contributed by atoms with E-state index in [1.807, 2.05) is 13.8 Å². The molecule has 0 fully saturated rings. The number of hydrogen-bond acceptors (Lipinski definition) is 7. The predicted octanol–water partition coefficient (Wildman–Crippen LogP) is 1.17. The summed E-state index contributed by atoms with van der Waals surface area (Å²) in [4.78, 5) is 19.6. The molecule has 0 radical (unpaired) electrons. The molecule has 0 saturated heterocycles. The van der Waals surface area contributed by atoms with Gasteiger partial charge in [-0.2, -0.15) is 0 Å². The van der Waals surface area contributed by atoms with Gasteiger partial charge in [0, 0.05) is 24.6 Å². The van der Waals surface area contributed by atoms with Gasteiger partial charge in [-0.25, -0.2) is 27.1 Å². The van der Waals surface area contributed by atoms with Crippen LogP contribution >= 0.6 is 12.4 Å². The van der Waals surface area contributed by atoms with Gasteiger partial charge in [-0.15, -0.1) is 12.4 Å². The fourth-order valence-corrected chi connectivity index (χ4v) is 3.42. The van der Waals surface area contributed by atoms with E-state index in [4.69, 9.17) is 5.11 Å². The highest BCUT2D eigenvalue weighted by atomic mass is 35.5. The fourth-order valence-electron chi connectivity index (χ4n) is 3.05. The highest BCUT2D eigenvalue weighted by Crippen LogP contribution is 2.31. The van der Waals surface area contributed by atoms with Crippen molar-refractivity contribution in [2.24, 2.45) is 0 Å². The van der Waals surface area contributed by atoms with Gasteiger partial charge in [0.25, 0.3) is 0 Å². The lowest BCUT2D eigenvalue weighted by Crippen LogP contribution is -2.27. The molecule has 7 N–H and O–H groups in total. The zero-order valence-electron chi connectivity index (χ0n) is 20.2. The van der Waals surface area contributed by atoms with Crippen LogP contribution in [0.15, 0.2) is 30.3 Å². The lowest BCUT2D eigenvalue weighted by atomic mass is 9.97. The quantitative estimate of drug-likeness (QED) is 0.388. The summed E-state index contributed by atoms with van der Waals surface area (Å²) in [6.07, 6.45) is 0.860. The summed E-state index contributed by atoms with van der Waals surface area (Å²) in [5.41, 5.74) is 1.80. The number of hydrogen-bond donors (Lipinski definition) is 3. The molecule has 0 aliphatic heterocycles. The molecule has 0 saturated carbocycles. The Morgan fingerprint density at radius 3 is 2.17 bits per heavy atom. The molecule has 2 unspecified atom stereocenters. The van der Waals surface area contributed by atoms with Gasteiger partial charge >= 0.3 is 5.97 Å². The van der Waals surface area contributed by atoms with Gasteiger partial charge in [0.05, 0.1) is 36.3 Å². The third-order valence-electron chi connectivity index (χ3n) is 4.82. The Hall–Kier alpha value is -2.68. The first-order valence-corrected chi connectivity index (χ1v) is 12.0. The van der Waals surface area contributed by atoms with Crippen LogP contribution in [0.4, 0.5) is 10.3 Å². The molecular formula is C22H33ClFN3O8S. The van der Waals surface area contributed by atoms with E-state index in [9.17, 15) is 27.8 Å². The molecule has 0 aliphatic rings. The van der Waals surface area contributed by atoms with Crippen LogP contribution in [-0.4, -0.2) is 76.1 Å². The van der Waals surface area contributed by atoms with E-state index in [0.717, 1.165) is 10.6 Å². The van der Waals surface area contributed by atoms with Crippen molar-refractivity contribution in [3.63, 3.8) is 0 Å². The summed E-state index contributed by atoms with van der Waals surface area (Å²) < 4.78 is 38.6. The van der Waals surface area contributed by atoms with Crippen LogP contribution in [0.1, 0.15) is 43.9 Å². The Labute approximate surface area is 215 Å². The normalized spacial score (nSPS) is 12.8. The zero-order valence-corrected chi connectivity index (χ0v) is 21.8. The highest BCUT2D eigenvalue weighted by Gasteiger charge is 2.22. The standard InChI is InChI=1S/C22H28FN3O6S.ClH.2H2O/c1-13(2)20-18(10-9-16(27)11-17(28)12-19(29)30)21(14-5-7-15(23)8-6-14)25-22(24-20)26(3)33(4,31)32;;;/h5-10,13,16-17,27-28H,11-12H2,1-4H3,(H,29,30);1H;2*1H2/b10-9+;;;. The van der Waals surface area contributed by atoms with Gasteiger partial charge in [-0.3, -0.25) is 4.79 Å². The second kappa shape index (κ2) is 14.8. The minimum Gasteiger partial charge on any atom is -0.481 e. The summed E-state index contributed by atoms with van der Waals surface area (Å²) >= 11 is 0. The first kappa shape index (κ1) is 35.5. The number of aliphatic carboxylic acids is 1. The first-order chi connectivity index (χ1) is 15.3. The largest absolute Gasteiger partial charge is 0.481 e. The molecule has 1 aromatic heterocycles. The molecule has 0 aliphatic carbocycles. The maximum Gasteiger partial charge on any atom is 0.305 e. The Morgan fingerprint density at radius 2 is 1.69 bits per heavy atom. The average Bonchev–Trinajstić information content (AvgIpc) is 2.70. The zero-order chi connectivity index (χ0) is 24.9. The van der Waals surface area contributed by atoms with E-state index >= 15 is 0 Å². The number of aromatic nitrogens is 2. The molecule has 0 spiro atoms. The number of carbonyl (C=O) groups is 1. The molecule has 2 rings (SSSR count). The van der Waals surface area contributed by atoms with Crippen LogP contribution in [0, 0.1) is 5.82 Å². The van der Waals surface area contributed by atoms with E-state index in [2.05, 4.69) is 9.97 Å². The number of rotatable bonds is 10. The predicted molar refractivity (Wildman–Crippen MR) is 137 cm³/mol. The van der Waals surface area contributed by atoms with Gasteiger partial charge in [0.2, 0.25) is 16.0 Å². The van der Waals surface area contributed by atoms with Gasteiger partial charge < -0.3 is 26.3 Å². The maximum absolute atomic E-state index is 13.5. The lowest BCUT2D eigenvalue weighted by Gasteiger charge is -2.20. The third-order valence-corrected chi connectivity index (χ3v) is 5.97. The van der Waals surface area contributed by atoms with Crippen molar-refractivity contribution in [2.75, 3.05) is 17.6 Å².